The summed E-state index contributed by atoms with van der Waals surface area (Å²) >= 11 is 0. The summed E-state index contributed by atoms with van der Waals surface area (Å²) in [7, 11) is 1.71. The van der Waals surface area contributed by atoms with E-state index in [1.165, 1.54) is 6.26 Å². The van der Waals surface area contributed by atoms with Gasteiger partial charge in [0.1, 0.15) is 17.1 Å². The summed E-state index contributed by atoms with van der Waals surface area (Å²) in [6.07, 6.45) is 1.45. The van der Waals surface area contributed by atoms with Crippen LogP contribution in [0.4, 0.5) is 5.69 Å². The molecule has 0 radical (unpaired) electrons. The van der Waals surface area contributed by atoms with E-state index in [4.69, 9.17) is 9.15 Å². The third-order valence-corrected chi connectivity index (χ3v) is 4.12. The molecule has 0 aliphatic rings. The molecule has 0 unspecified atom stereocenters. The quantitative estimate of drug-likeness (QED) is 0.518. The van der Waals surface area contributed by atoms with Crippen LogP contribution in [0, 0.1) is 13.8 Å². The molecule has 132 valence electrons. The van der Waals surface area contributed by atoms with Crippen LogP contribution in [-0.2, 0) is 0 Å². The zero-order chi connectivity index (χ0) is 18.7. The zero-order valence-corrected chi connectivity index (χ0v) is 14.9. The Kier molecular flexibility index (Phi) is 4.89. The summed E-state index contributed by atoms with van der Waals surface area (Å²) in [5.41, 5.74) is 2.81. The molecule has 3 rings (SSSR count). The van der Waals surface area contributed by atoms with Gasteiger partial charge in [-0.1, -0.05) is 17.7 Å². The molecule has 0 saturated heterocycles. The normalized spacial score (nSPS) is 10.4. The number of ether oxygens (including phenoxy) is 1. The minimum Gasteiger partial charge on any atom is -0.469 e. The van der Waals surface area contributed by atoms with Crippen LogP contribution < -0.4 is 9.64 Å². The number of nitrogens with zero attached hydrogens (tertiary/aromatic N) is 1. The third kappa shape index (κ3) is 3.67. The van der Waals surface area contributed by atoms with Crippen LogP contribution in [-0.4, -0.2) is 18.9 Å². The van der Waals surface area contributed by atoms with Gasteiger partial charge < -0.3 is 14.1 Å². The molecular weight excluding hydrogens is 330 g/mol. The second kappa shape index (κ2) is 7.27. The molecule has 0 atom stereocenters. The van der Waals surface area contributed by atoms with Crippen molar-refractivity contribution in [2.45, 2.75) is 13.8 Å². The van der Waals surface area contributed by atoms with Crippen molar-refractivity contribution >= 4 is 17.6 Å². The van der Waals surface area contributed by atoms with Crippen LogP contribution in [0.1, 0.15) is 32.0 Å². The Morgan fingerprint density at radius 2 is 1.58 bits per heavy atom. The van der Waals surface area contributed by atoms with E-state index in [2.05, 4.69) is 0 Å². The number of hydrogen-bond donors (Lipinski definition) is 0. The molecule has 0 saturated carbocycles. The Morgan fingerprint density at radius 1 is 0.923 bits per heavy atom. The van der Waals surface area contributed by atoms with Crippen molar-refractivity contribution < 1.29 is 18.7 Å². The summed E-state index contributed by atoms with van der Waals surface area (Å²) in [6, 6.07) is 15.8. The molecule has 0 spiro atoms. The molecule has 26 heavy (non-hydrogen) atoms. The average Bonchev–Trinajstić information content (AvgIpc) is 3.08. The lowest BCUT2D eigenvalue weighted by Gasteiger charge is -2.18. The maximum Gasteiger partial charge on any atom is 0.347 e. The van der Waals surface area contributed by atoms with Crippen LogP contribution in [0.3, 0.4) is 0 Å². The highest BCUT2D eigenvalue weighted by molar-refractivity contribution is 6.05. The van der Waals surface area contributed by atoms with Crippen molar-refractivity contribution in [3.05, 3.63) is 83.3 Å². The first-order chi connectivity index (χ1) is 12.5. The number of benzene rings is 2. The number of amides is 1. The molecule has 1 amide bonds. The highest BCUT2D eigenvalue weighted by Gasteiger charge is 2.16. The van der Waals surface area contributed by atoms with Crippen molar-refractivity contribution in [2.24, 2.45) is 0 Å². The van der Waals surface area contributed by atoms with Gasteiger partial charge in [0.05, 0.1) is 6.26 Å². The summed E-state index contributed by atoms with van der Waals surface area (Å²) in [4.78, 5) is 26.2. The van der Waals surface area contributed by atoms with Gasteiger partial charge in [0.2, 0.25) is 0 Å². The Morgan fingerprint density at radius 3 is 2.15 bits per heavy atom. The van der Waals surface area contributed by atoms with E-state index in [-0.39, 0.29) is 5.91 Å². The molecule has 1 heterocycles. The third-order valence-electron chi connectivity index (χ3n) is 4.12. The molecule has 0 aliphatic carbocycles. The van der Waals surface area contributed by atoms with E-state index in [1.807, 2.05) is 19.1 Å². The van der Waals surface area contributed by atoms with Crippen molar-refractivity contribution in [3.8, 4) is 5.75 Å². The van der Waals surface area contributed by atoms with Gasteiger partial charge in [0, 0.05) is 18.3 Å². The standard InChI is InChI=1S/C21H19NO4/c1-14-4-6-16(7-5-14)20(23)22(3)17-8-10-18(11-9-17)26-21(24)19-12-13-25-15(19)2/h4-13H,1-3H3. The fraction of sp³-hybridized carbons (Fsp3) is 0.143. The van der Waals surface area contributed by atoms with Gasteiger partial charge in [-0.05, 0) is 56.3 Å². The van der Waals surface area contributed by atoms with E-state index >= 15 is 0 Å². The topological polar surface area (TPSA) is 59.8 Å². The van der Waals surface area contributed by atoms with E-state index in [1.54, 1.807) is 61.3 Å². The monoisotopic (exact) mass is 349 g/mol. The SMILES string of the molecule is Cc1ccc(C(=O)N(C)c2ccc(OC(=O)c3ccoc3C)cc2)cc1. The Balaban J connectivity index is 1.70. The second-order valence-corrected chi connectivity index (χ2v) is 6.00. The van der Waals surface area contributed by atoms with Gasteiger partial charge in [-0.3, -0.25) is 4.79 Å². The average molecular weight is 349 g/mol. The van der Waals surface area contributed by atoms with Crippen molar-refractivity contribution in [2.75, 3.05) is 11.9 Å². The Labute approximate surface area is 151 Å². The highest BCUT2D eigenvalue weighted by atomic mass is 16.5. The van der Waals surface area contributed by atoms with E-state index in [0.717, 1.165) is 5.56 Å². The lowest BCUT2D eigenvalue weighted by Crippen LogP contribution is -2.26. The van der Waals surface area contributed by atoms with Gasteiger partial charge in [0.25, 0.3) is 5.91 Å². The van der Waals surface area contributed by atoms with Gasteiger partial charge >= 0.3 is 5.97 Å². The summed E-state index contributed by atoms with van der Waals surface area (Å²) < 4.78 is 10.4. The van der Waals surface area contributed by atoms with Gasteiger partial charge in [-0.15, -0.1) is 0 Å². The second-order valence-electron chi connectivity index (χ2n) is 6.00. The molecule has 5 heteroatoms. The van der Waals surface area contributed by atoms with Crippen LogP contribution in [0.15, 0.2) is 65.3 Å². The lowest BCUT2D eigenvalue weighted by molar-refractivity contribution is 0.0732. The number of aryl methyl sites for hydroxylation is 2. The van der Waals surface area contributed by atoms with Gasteiger partial charge in [-0.2, -0.15) is 0 Å². The van der Waals surface area contributed by atoms with Crippen LogP contribution in [0.5, 0.6) is 5.75 Å². The largest absolute Gasteiger partial charge is 0.469 e. The first kappa shape index (κ1) is 17.5. The minimum atomic E-state index is -0.479. The maximum absolute atomic E-state index is 12.5. The predicted octanol–water partition coefficient (Wildman–Crippen LogP) is 4.39. The van der Waals surface area contributed by atoms with E-state index in [0.29, 0.717) is 28.3 Å². The molecule has 0 aliphatic heterocycles. The smallest absolute Gasteiger partial charge is 0.347 e. The summed E-state index contributed by atoms with van der Waals surface area (Å²) in [6.45, 7) is 3.67. The molecule has 5 nitrogen and oxygen atoms in total. The Bertz CT molecular complexity index is 923. The molecule has 2 aromatic carbocycles. The van der Waals surface area contributed by atoms with Crippen molar-refractivity contribution in [1.29, 1.82) is 0 Å². The number of anilines is 1. The van der Waals surface area contributed by atoms with Gasteiger partial charge in [-0.25, -0.2) is 4.79 Å². The van der Waals surface area contributed by atoms with Gasteiger partial charge in [0.15, 0.2) is 0 Å². The summed E-state index contributed by atoms with van der Waals surface area (Å²) in [5.74, 6) is 0.322. The first-order valence-corrected chi connectivity index (χ1v) is 8.17. The molecule has 3 aromatic rings. The fourth-order valence-corrected chi connectivity index (χ4v) is 2.50. The number of hydrogen-bond acceptors (Lipinski definition) is 4. The Hall–Kier alpha value is -3.34. The number of carbonyl (C=O) groups excluding carboxylic acids is 2. The molecule has 1 aromatic heterocycles. The molecule has 0 fully saturated rings. The minimum absolute atomic E-state index is 0.108. The van der Waals surface area contributed by atoms with Crippen LogP contribution in [0.25, 0.3) is 0 Å². The van der Waals surface area contributed by atoms with E-state index in [9.17, 15) is 9.59 Å². The fourth-order valence-electron chi connectivity index (χ4n) is 2.50. The van der Waals surface area contributed by atoms with Crippen LogP contribution >= 0.6 is 0 Å². The molecule has 0 N–H and O–H groups in total. The number of rotatable bonds is 4. The zero-order valence-electron chi connectivity index (χ0n) is 14.9. The first-order valence-electron chi connectivity index (χ1n) is 8.17. The molecule has 0 bridgehead atoms. The van der Waals surface area contributed by atoms with Crippen LogP contribution in [0.2, 0.25) is 0 Å². The van der Waals surface area contributed by atoms with E-state index < -0.39 is 5.97 Å². The summed E-state index contributed by atoms with van der Waals surface area (Å²) in [5, 5.41) is 0. The number of carbonyl (C=O) groups is 2. The predicted molar refractivity (Wildman–Crippen MR) is 98.8 cm³/mol. The molecular formula is C21H19NO4. The number of furan rings is 1. The lowest BCUT2D eigenvalue weighted by atomic mass is 10.1. The number of esters is 1. The van der Waals surface area contributed by atoms with Crippen molar-refractivity contribution in [3.63, 3.8) is 0 Å². The maximum atomic E-state index is 12.5. The highest BCUT2D eigenvalue weighted by Crippen LogP contribution is 2.22. The van der Waals surface area contributed by atoms with Crippen molar-refractivity contribution in [1.82, 2.24) is 0 Å².